The molecule has 2 aliphatic rings. The van der Waals surface area contributed by atoms with Crippen LogP contribution in [0.3, 0.4) is 0 Å². The Balaban J connectivity index is 1.73. The van der Waals surface area contributed by atoms with Gasteiger partial charge in [-0.25, -0.2) is 0 Å². The number of carbonyl (C=O) groups excluding carboxylic acids is 1. The SMILES string of the molecule is CC(=O)N(C)Cc1cncc([C@@H]2CCCN2C2CCOCC2)n1. The number of aromatic nitrogens is 2. The van der Waals surface area contributed by atoms with Gasteiger partial charge in [-0.2, -0.15) is 0 Å². The molecule has 0 N–H and O–H groups in total. The molecule has 1 aromatic rings. The van der Waals surface area contributed by atoms with Gasteiger partial charge in [-0.1, -0.05) is 0 Å². The van der Waals surface area contributed by atoms with Gasteiger partial charge in [0.1, 0.15) is 0 Å². The van der Waals surface area contributed by atoms with Gasteiger partial charge in [0.05, 0.1) is 36.4 Å². The normalized spacial score (nSPS) is 23.1. The average Bonchev–Trinajstić information content (AvgIpc) is 3.05. The molecule has 2 saturated heterocycles. The fraction of sp³-hybridized carbons (Fsp3) is 0.706. The van der Waals surface area contributed by atoms with Crippen molar-refractivity contribution in [2.45, 2.75) is 51.2 Å². The molecule has 0 unspecified atom stereocenters. The molecule has 6 nitrogen and oxygen atoms in total. The van der Waals surface area contributed by atoms with E-state index in [0.29, 0.717) is 18.6 Å². The van der Waals surface area contributed by atoms with E-state index in [1.54, 1.807) is 25.1 Å². The van der Waals surface area contributed by atoms with Gasteiger partial charge in [0.2, 0.25) is 5.91 Å². The van der Waals surface area contributed by atoms with Gasteiger partial charge >= 0.3 is 0 Å². The number of ether oxygens (including phenoxy) is 1. The van der Waals surface area contributed by atoms with E-state index >= 15 is 0 Å². The van der Waals surface area contributed by atoms with Crippen LogP contribution in [0.2, 0.25) is 0 Å². The molecule has 0 radical (unpaired) electrons. The van der Waals surface area contributed by atoms with Crippen molar-refractivity contribution in [3.05, 3.63) is 23.8 Å². The molecule has 1 atom stereocenters. The van der Waals surface area contributed by atoms with Crippen molar-refractivity contribution in [1.82, 2.24) is 19.8 Å². The van der Waals surface area contributed by atoms with Crippen LogP contribution in [0.1, 0.15) is 50.0 Å². The van der Waals surface area contributed by atoms with Gasteiger partial charge in [0, 0.05) is 33.2 Å². The highest BCUT2D eigenvalue weighted by atomic mass is 16.5. The number of rotatable bonds is 4. The first-order valence-electron chi connectivity index (χ1n) is 8.51. The first kappa shape index (κ1) is 16.3. The highest BCUT2D eigenvalue weighted by Gasteiger charge is 2.33. The van der Waals surface area contributed by atoms with Crippen molar-refractivity contribution in [1.29, 1.82) is 0 Å². The maximum atomic E-state index is 11.4. The molecular formula is C17H26N4O2. The van der Waals surface area contributed by atoms with E-state index < -0.39 is 0 Å². The van der Waals surface area contributed by atoms with Crippen LogP contribution in [-0.4, -0.2) is 58.5 Å². The molecule has 2 aliphatic heterocycles. The predicted octanol–water partition coefficient (Wildman–Crippen LogP) is 1.77. The second kappa shape index (κ2) is 7.36. The summed E-state index contributed by atoms with van der Waals surface area (Å²) in [6, 6.07) is 0.954. The summed E-state index contributed by atoms with van der Waals surface area (Å²) in [6.07, 6.45) is 8.21. The summed E-state index contributed by atoms with van der Waals surface area (Å²) in [7, 11) is 1.79. The molecule has 0 aromatic carbocycles. The van der Waals surface area contributed by atoms with Crippen LogP contribution in [0.25, 0.3) is 0 Å². The Hall–Kier alpha value is -1.53. The van der Waals surface area contributed by atoms with Crippen LogP contribution in [0, 0.1) is 0 Å². The Morgan fingerprint density at radius 1 is 1.35 bits per heavy atom. The van der Waals surface area contributed by atoms with E-state index in [1.807, 2.05) is 6.20 Å². The second-order valence-electron chi connectivity index (χ2n) is 6.55. The van der Waals surface area contributed by atoms with Crippen molar-refractivity contribution >= 4 is 5.91 Å². The Morgan fingerprint density at radius 3 is 2.87 bits per heavy atom. The third kappa shape index (κ3) is 3.87. The summed E-state index contributed by atoms with van der Waals surface area (Å²) in [5, 5.41) is 0. The summed E-state index contributed by atoms with van der Waals surface area (Å²) < 4.78 is 5.49. The first-order valence-corrected chi connectivity index (χ1v) is 8.51. The maximum Gasteiger partial charge on any atom is 0.219 e. The van der Waals surface area contributed by atoms with Gasteiger partial charge in [-0.3, -0.25) is 19.7 Å². The first-order chi connectivity index (χ1) is 11.1. The quantitative estimate of drug-likeness (QED) is 0.847. The topological polar surface area (TPSA) is 58.6 Å². The molecule has 3 rings (SSSR count). The molecule has 1 aromatic heterocycles. The molecule has 23 heavy (non-hydrogen) atoms. The Morgan fingerprint density at radius 2 is 2.13 bits per heavy atom. The van der Waals surface area contributed by atoms with Gasteiger partial charge in [-0.15, -0.1) is 0 Å². The number of amides is 1. The summed E-state index contributed by atoms with van der Waals surface area (Å²) in [5.41, 5.74) is 1.91. The maximum absolute atomic E-state index is 11.4. The lowest BCUT2D eigenvalue weighted by Crippen LogP contribution is -2.39. The molecule has 0 spiro atoms. The van der Waals surface area contributed by atoms with Crippen molar-refractivity contribution in [2.75, 3.05) is 26.8 Å². The van der Waals surface area contributed by atoms with E-state index in [4.69, 9.17) is 9.72 Å². The third-order valence-electron chi connectivity index (χ3n) is 4.94. The van der Waals surface area contributed by atoms with Crippen LogP contribution in [0.15, 0.2) is 12.4 Å². The van der Waals surface area contributed by atoms with Crippen LogP contribution in [-0.2, 0) is 16.1 Å². The van der Waals surface area contributed by atoms with Crippen LogP contribution in [0.5, 0.6) is 0 Å². The summed E-state index contributed by atoms with van der Waals surface area (Å²) >= 11 is 0. The fourth-order valence-electron chi connectivity index (χ4n) is 3.57. The van der Waals surface area contributed by atoms with E-state index in [9.17, 15) is 4.79 Å². The molecule has 126 valence electrons. The largest absolute Gasteiger partial charge is 0.381 e. The van der Waals surface area contributed by atoms with E-state index in [1.165, 1.54) is 6.42 Å². The molecular weight excluding hydrogens is 292 g/mol. The lowest BCUT2D eigenvalue weighted by atomic mass is 10.0. The number of likely N-dealkylation sites (tertiary alicyclic amines) is 1. The van der Waals surface area contributed by atoms with Crippen molar-refractivity contribution < 1.29 is 9.53 Å². The average molecular weight is 318 g/mol. The van der Waals surface area contributed by atoms with E-state index in [2.05, 4.69) is 9.88 Å². The summed E-state index contributed by atoms with van der Waals surface area (Å²) in [5.74, 6) is 0.0434. The van der Waals surface area contributed by atoms with Crippen molar-refractivity contribution in [3.8, 4) is 0 Å². The van der Waals surface area contributed by atoms with E-state index in [0.717, 1.165) is 50.4 Å². The zero-order valence-electron chi connectivity index (χ0n) is 14.1. The zero-order chi connectivity index (χ0) is 16.2. The minimum Gasteiger partial charge on any atom is -0.381 e. The number of hydrogen-bond donors (Lipinski definition) is 0. The van der Waals surface area contributed by atoms with Crippen LogP contribution in [0.4, 0.5) is 0 Å². The Labute approximate surface area is 137 Å². The summed E-state index contributed by atoms with van der Waals surface area (Å²) in [4.78, 5) is 24.8. The monoisotopic (exact) mass is 318 g/mol. The lowest BCUT2D eigenvalue weighted by Gasteiger charge is -2.35. The minimum atomic E-state index is 0.0434. The summed E-state index contributed by atoms with van der Waals surface area (Å²) in [6.45, 7) is 4.95. The number of hydrogen-bond acceptors (Lipinski definition) is 5. The predicted molar refractivity (Wildman–Crippen MR) is 86.7 cm³/mol. The molecule has 0 saturated carbocycles. The highest BCUT2D eigenvalue weighted by Crippen LogP contribution is 2.34. The standard InChI is InChI=1S/C17H26N4O2/c1-13(22)20(2)12-14-10-18-11-16(19-14)17-4-3-7-21(17)15-5-8-23-9-6-15/h10-11,15,17H,3-9,12H2,1-2H3/t17-/m0/s1. The van der Waals surface area contributed by atoms with Crippen LogP contribution >= 0.6 is 0 Å². The fourth-order valence-corrected chi connectivity index (χ4v) is 3.57. The van der Waals surface area contributed by atoms with E-state index in [-0.39, 0.29) is 5.91 Å². The molecule has 3 heterocycles. The zero-order valence-corrected chi connectivity index (χ0v) is 14.1. The second-order valence-corrected chi connectivity index (χ2v) is 6.55. The van der Waals surface area contributed by atoms with Gasteiger partial charge in [0.15, 0.2) is 0 Å². The molecule has 2 fully saturated rings. The Kier molecular flexibility index (Phi) is 5.23. The number of nitrogens with zero attached hydrogens (tertiary/aromatic N) is 4. The van der Waals surface area contributed by atoms with Crippen molar-refractivity contribution in [2.24, 2.45) is 0 Å². The smallest absolute Gasteiger partial charge is 0.219 e. The number of carbonyl (C=O) groups is 1. The van der Waals surface area contributed by atoms with Gasteiger partial charge < -0.3 is 9.64 Å². The molecule has 1 amide bonds. The Bertz CT molecular complexity index is 545. The molecule has 6 heteroatoms. The third-order valence-corrected chi connectivity index (χ3v) is 4.94. The van der Waals surface area contributed by atoms with Gasteiger partial charge in [-0.05, 0) is 32.2 Å². The van der Waals surface area contributed by atoms with Crippen molar-refractivity contribution in [3.63, 3.8) is 0 Å². The van der Waals surface area contributed by atoms with Gasteiger partial charge in [0.25, 0.3) is 0 Å². The van der Waals surface area contributed by atoms with Crippen LogP contribution < -0.4 is 0 Å². The molecule has 0 aliphatic carbocycles. The lowest BCUT2D eigenvalue weighted by molar-refractivity contribution is -0.128. The molecule has 0 bridgehead atoms. The highest BCUT2D eigenvalue weighted by molar-refractivity contribution is 5.72. The minimum absolute atomic E-state index is 0.0434.